The average molecular weight is 282 g/mol. The molecule has 0 aromatic heterocycles. The highest BCUT2D eigenvalue weighted by Gasteiger charge is 2.21. The highest BCUT2D eigenvalue weighted by Crippen LogP contribution is 2.31. The molecule has 4 nitrogen and oxygen atoms in total. The van der Waals surface area contributed by atoms with Crippen LogP contribution in [-0.2, 0) is 6.42 Å². The van der Waals surface area contributed by atoms with Crippen molar-refractivity contribution >= 4 is 29.2 Å². The molecule has 0 aliphatic heterocycles. The number of carboxylic acids is 1. The van der Waals surface area contributed by atoms with Crippen molar-refractivity contribution in [2.24, 2.45) is 5.73 Å². The molecule has 1 aromatic rings. The van der Waals surface area contributed by atoms with Gasteiger partial charge in [-0.25, -0.2) is 9.18 Å². The number of hydrogen-bond acceptors (Lipinski definition) is 3. The third-order valence-corrected chi connectivity index (χ3v) is 3.02. The second-order valence-corrected chi connectivity index (χ2v) is 4.22. The van der Waals surface area contributed by atoms with Gasteiger partial charge in [0.1, 0.15) is 5.82 Å². The molecular formula is C10H10Cl2FNO3. The van der Waals surface area contributed by atoms with Crippen molar-refractivity contribution < 1.29 is 19.4 Å². The van der Waals surface area contributed by atoms with Crippen molar-refractivity contribution in [1.82, 2.24) is 0 Å². The van der Waals surface area contributed by atoms with Gasteiger partial charge in [-0.15, -0.1) is 0 Å². The van der Waals surface area contributed by atoms with E-state index in [1.54, 1.807) is 0 Å². The first-order chi connectivity index (χ1) is 7.88. The number of carboxylic acid groups (broad SMARTS) is 1. The molecule has 17 heavy (non-hydrogen) atoms. The van der Waals surface area contributed by atoms with Crippen molar-refractivity contribution in [2.45, 2.75) is 12.5 Å². The molecule has 0 bridgehead atoms. The van der Waals surface area contributed by atoms with Gasteiger partial charge in [-0.1, -0.05) is 23.2 Å². The lowest BCUT2D eigenvalue weighted by atomic mass is 10.0. The highest BCUT2D eigenvalue weighted by molar-refractivity contribution is 6.38. The summed E-state index contributed by atoms with van der Waals surface area (Å²) in [5.74, 6) is -2.24. The Labute approximate surface area is 107 Å². The van der Waals surface area contributed by atoms with Gasteiger partial charge in [-0.3, -0.25) is 0 Å². The Morgan fingerprint density at radius 1 is 1.47 bits per heavy atom. The van der Waals surface area contributed by atoms with Crippen LogP contribution in [0.5, 0.6) is 0 Å². The molecule has 1 unspecified atom stereocenters. The maximum absolute atomic E-state index is 13.4. The number of aliphatic hydroxyl groups excluding tert-OH is 1. The first-order valence-electron chi connectivity index (χ1n) is 4.64. The maximum Gasteiger partial charge on any atom is 0.337 e. The third kappa shape index (κ3) is 3.07. The summed E-state index contributed by atoms with van der Waals surface area (Å²) in [4.78, 5) is 10.8. The van der Waals surface area contributed by atoms with E-state index in [4.69, 9.17) is 39.1 Å². The largest absolute Gasteiger partial charge is 0.478 e. The van der Waals surface area contributed by atoms with Gasteiger partial charge in [0.2, 0.25) is 0 Å². The van der Waals surface area contributed by atoms with Gasteiger partial charge in [0.15, 0.2) is 0 Å². The van der Waals surface area contributed by atoms with E-state index in [0.29, 0.717) is 0 Å². The van der Waals surface area contributed by atoms with Crippen LogP contribution in [0.4, 0.5) is 4.39 Å². The summed E-state index contributed by atoms with van der Waals surface area (Å²) in [6, 6.07) is 0.0643. The zero-order chi connectivity index (χ0) is 13.2. The molecule has 0 radical (unpaired) electrons. The molecule has 0 aliphatic rings. The quantitative estimate of drug-likeness (QED) is 0.734. The minimum atomic E-state index is -1.36. The number of aliphatic hydroxyl groups is 1. The molecule has 1 atom stereocenters. The summed E-state index contributed by atoms with van der Waals surface area (Å²) >= 11 is 11.5. The first kappa shape index (κ1) is 14.2. The molecule has 0 heterocycles. The van der Waals surface area contributed by atoms with Gasteiger partial charge in [0.25, 0.3) is 0 Å². The molecule has 0 saturated heterocycles. The molecule has 1 aromatic carbocycles. The van der Waals surface area contributed by atoms with E-state index < -0.39 is 17.8 Å². The molecule has 7 heteroatoms. The zero-order valence-corrected chi connectivity index (χ0v) is 10.1. The molecule has 0 spiro atoms. The van der Waals surface area contributed by atoms with E-state index in [1.807, 2.05) is 0 Å². The summed E-state index contributed by atoms with van der Waals surface area (Å²) in [6.07, 6.45) is -0.00773. The van der Waals surface area contributed by atoms with Gasteiger partial charge in [0, 0.05) is 6.04 Å². The van der Waals surface area contributed by atoms with E-state index in [0.717, 1.165) is 6.07 Å². The number of carbonyl (C=O) groups is 1. The monoisotopic (exact) mass is 281 g/mol. The van der Waals surface area contributed by atoms with Crippen LogP contribution in [0.1, 0.15) is 15.9 Å². The standard InChI is InChI=1S/C10H10Cl2FNO3/c11-8-5(1-4(14)3-15)9(12)7(13)2-6(8)10(16)17/h2,4,15H,1,3,14H2,(H,16,17). The third-order valence-electron chi connectivity index (χ3n) is 2.18. The van der Waals surface area contributed by atoms with Crippen LogP contribution in [0.2, 0.25) is 10.0 Å². The summed E-state index contributed by atoms with van der Waals surface area (Å²) < 4.78 is 13.4. The first-order valence-corrected chi connectivity index (χ1v) is 5.40. The van der Waals surface area contributed by atoms with Crippen LogP contribution < -0.4 is 5.73 Å². The Morgan fingerprint density at radius 3 is 2.53 bits per heavy atom. The van der Waals surface area contributed by atoms with Crippen LogP contribution in [0.15, 0.2) is 6.07 Å². The summed E-state index contributed by atoms with van der Waals surface area (Å²) in [7, 11) is 0. The molecule has 1 rings (SSSR count). The fraction of sp³-hybridized carbons (Fsp3) is 0.300. The van der Waals surface area contributed by atoms with Gasteiger partial charge in [-0.05, 0) is 18.1 Å². The minimum absolute atomic E-state index is 0.00773. The lowest BCUT2D eigenvalue weighted by Crippen LogP contribution is -2.27. The van der Waals surface area contributed by atoms with Gasteiger partial charge >= 0.3 is 5.97 Å². The Hall–Kier alpha value is -0.880. The average Bonchev–Trinajstić information content (AvgIpc) is 2.28. The van der Waals surface area contributed by atoms with E-state index in [2.05, 4.69) is 0 Å². The summed E-state index contributed by atoms with van der Waals surface area (Å²) in [5, 5.41) is 17.2. The Kier molecular flexibility index (Phi) is 4.70. The smallest absolute Gasteiger partial charge is 0.337 e. The van der Waals surface area contributed by atoms with E-state index in [-0.39, 0.29) is 34.2 Å². The van der Waals surface area contributed by atoms with Gasteiger partial charge < -0.3 is 15.9 Å². The van der Waals surface area contributed by atoms with Crippen molar-refractivity contribution in [2.75, 3.05) is 6.61 Å². The van der Waals surface area contributed by atoms with Crippen LogP contribution >= 0.6 is 23.2 Å². The number of benzene rings is 1. The molecule has 0 saturated carbocycles. The van der Waals surface area contributed by atoms with Crippen molar-refractivity contribution in [1.29, 1.82) is 0 Å². The number of hydrogen-bond donors (Lipinski definition) is 3. The zero-order valence-electron chi connectivity index (χ0n) is 8.58. The fourth-order valence-electron chi connectivity index (χ4n) is 1.32. The summed E-state index contributed by atoms with van der Waals surface area (Å²) in [6.45, 7) is -0.342. The van der Waals surface area contributed by atoms with Crippen LogP contribution in [0.25, 0.3) is 0 Å². The number of rotatable bonds is 4. The lowest BCUT2D eigenvalue weighted by molar-refractivity contribution is 0.0696. The molecule has 0 amide bonds. The number of halogens is 3. The van der Waals surface area contributed by atoms with E-state index in [1.165, 1.54) is 0 Å². The second kappa shape index (κ2) is 5.64. The van der Waals surface area contributed by atoms with Crippen molar-refractivity contribution in [3.8, 4) is 0 Å². The van der Waals surface area contributed by atoms with Crippen LogP contribution in [-0.4, -0.2) is 28.8 Å². The van der Waals surface area contributed by atoms with Crippen molar-refractivity contribution in [3.05, 3.63) is 33.1 Å². The van der Waals surface area contributed by atoms with Gasteiger partial charge in [0.05, 0.1) is 22.2 Å². The maximum atomic E-state index is 13.4. The number of nitrogens with two attached hydrogens (primary N) is 1. The predicted octanol–water partition coefficient (Wildman–Crippen LogP) is 1.69. The molecule has 94 valence electrons. The molecule has 4 N–H and O–H groups in total. The van der Waals surface area contributed by atoms with Gasteiger partial charge in [-0.2, -0.15) is 0 Å². The second-order valence-electron chi connectivity index (χ2n) is 3.46. The van der Waals surface area contributed by atoms with Crippen LogP contribution in [0.3, 0.4) is 0 Å². The lowest BCUT2D eigenvalue weighted by Gasteiger charge is -2.13. The highest BCUT2D eigenvalue weighted by atomic mass is 35.5. The molecular weight excluding hydrogens is 272 g/mol. The topological polar surface area (TPSA) is 83.5 Å². The summed E-state index contributed by atoms with van der Waals surface area (Å²) in [5.41, 5.74) is 5.19. The fourth-order valence-corrected chi connectivity index (χ4v) is 1.90. The minimum Gasteiger partial charge on any atom is -0.478 e. The van der Waals surface area contributed by atoms with E-state index in [9.17, 15) is 9.18 Å². The Balaban J connectivity index is 3.31. The normalized spacial score (nSPS) is 12.5. The number of aromatic carboxylic acids is 1. The Morgan fingerprint density at radius 2 is 2.06 bits per heavy atom. The Bertz CT molecular complexity index is 454. The van der Waals surface area contributed by atoms with Crippen LogP contribution in [0, 0.1) is 5.82 Å². The SMILES string of the molecule is NC(CO)Cc1c(Cl)c(F)cc(C(=O)O)c1Cl. The predicted molar refractivity (Wildman–Crippen MR) is 62.1 cm³/mol. The van der Waals surface area contributed by atoms with E-state index >= 15 is 0 Å². The molecule has 0 fully saturated rings. The van der Waals surface area contributed by atoms with Crippen molar-refractivity contribution in [3.63, 3.8) is 0 Å². The molecule has 0 aliphatic carbocycles.